The number of thiazole rings is 1. The summed E-state index contributed by atoms with van der Waals surface area (Å²) in [5.41, 5.74) is 1.82. The molecule has 5 nitrogen and oxygen atoms in total. The molecule has 4 rings (SSSR count). The van der Waals surface area contributed by atoms with Crippen molar-refractivity contribution >= 4 is 16.5 Å². The summed E-state index contributed by atoms with van der Waals surface area (Å²) in [6.07, 6.45) is 2.96. The Kier molecular flexibility index (Phi) is 5.20. The van der Waals surface area contributed by atoms with Gasteiger partial charge in [0.05, 0.1) is 11.6 Å². The SMILES string of the molecule is CC(C)Cc1noc(C2CCCN(c3nc(-c4ccc(F)cc4)cs3)C2)n1. The van der Waals surface area contributed by atoms with Gasteiger partial charge in [-0.2, -0.15) is 4.98 Å². The lowest BCUT2D eigenvalue weighted by Crippen LogP contribution is -2.34. The van der Waals surface area contributed by atoms with E-state index in [1.165, 1.54) is 12.1 Å². The number of aromatic nitrogens is 3. The number of benzene rings is 1. The van der Waals surface area contributed by atoms with Crippen LogP contribution in [0.2, 0.25) is 0 Å². The molecule has 0 saturated carbocycles. The number of anilines is 1. The lowest BCUT2D eigenvalue weighted by molar-refractivity contribution is 0.329. The molecule has 0 spiro atoms. The van der Waals surface area contributed by atoms with Crippen LogP contribution in [0.15, 0.2) is 34.2 Å². The molecule has 2 aromatic heterocycles. The fraction of sp³-hybridized carbons (Fsp3) is 0.450. The van der Waals surface area contributed by atoms with Crippen molar-refractivity contribution in [1.82, 2.24) is 15.1 Å². The molecule has 3 aromatic rings. The van der Waals surface area contributed by atoms with Crippen molar-refractivity contribution in [3.8, 4) is 11.3 Å². The number of piperidine rings is 1. The Hall–Kier alpha value is -2.28. The van der Waals surface area contributed by atoms with Gasteiger partial charge in [0.25, 0.3) is 0 Å². The van der Waals surface area contributed by atoms with Crippen LogP contribution in [-0.4, -0.2) is 28.2 Å². The van der Waals surface area contributed by atoms with Crippen LogP contribution in [0.3, 0.4) is 0 Å². The fourth-order valence-electron chi connectivity index (χ4n) is 3.40. The normalized spacial score (nSPS) is 17.6. The van der Waals surface area contributed by atoms with Gasteiger partial charge in [-0.1, -0.05) is 19.0 Å². The molecule has 142 valence electrons. The second-order valence-corrected chi connectivity index (χ2v) is 8.29. The highest BCUT2D eigenvalue weighted by atomic mass is 32.1. The summed E-state index contributed by atoms with van der Waals surface area (Å²) in [4.78, 5) is 11.7. The first-order valence-corrected chi connectivity index (χ1v) is 10.3. The summed E-state index contributed by atoms with van der Waals surface area (Å²) in [6, 6.07) is 6.47. The zero-order chi connectivity index (χ0) is 18.8. The van der Waals surface area contributed by atoms with E-state index >= 15 is 0 Å². The average molecular weight is 386 g/mol. The number of hydrogen-bond donors (Lipinski definition) is 0. The lowest BCUT2D eigenvalue weighted by atomic mass is 9.98. The van der Waals surface area contributed by atoms with Crippen molar-refractivity contribution in [3.63, 3.8) is 0 Å². The van der Waals surface area contributed by atoms with Crippen LogP contribution in [0.4, 0.5) is 9.52 Å². The average Bonchev–Trinajstić information content (AvgIpc) is 3.32. The first kappa shape index (κ1) is 18.1. The van der Waals surface area contributed by atoms with Crippen LogP contribution in [-0.2, 0) is 6.42 Å². The van der Waals surface area contributed by atoms with Gasteiger partial charge >= 0.3 is 0 Å². The quantitative estimate of drug-likeness (QED) is 0.623. The van der Waals surface area contributed by atoms with Crippen LogP contribution in [0.1, 0.15) is 44.3 Å². The van der Waals surface area contributed by atoms with Gasteiger partial charge in [0.1, 0.15) is 5.82 Å². The maximum absolute atomic E-state index is 13.1. The van der Waals surface area contributed by atoms with Crippen LogP contribution in [0.5, 0.6) is 0 Å². The lowest BCUT2D eigenvalue weighted by Gasteiger charge is -2.30. The molecule has 1 aliphatic heterocycles. The summed E-state index contributed by atoms with van der Waals surface area (Å²) in [5.74, 6) is 2.06. The minimum absolute atomic E-state index is 0.232. The first-order chi connectivity index (χ1) is 13.1. The predicted molar refractivity (Wildman–Crippen MR) is 105 cm³/mol. The van der Waals surface area contributed by atoms with Gasteiger partial charge in [-0.3, -0.25) is 0 Å². The van der Waals surface area contributed by atoms with E-state index in [-0.39, 0.29) is 11.7 Å². The highest BCUT2D eigenvalue weighted by Gasteiger charge is 2.27. The number of hydrogen-bond acceptors (Lipinski definition) is 6. The topological polar surface area (TPSA) is 55.1 Å². The van der Waals surface area contributed by atoms with Crippen molar-refractivity contribution in [3.05, 3.63) is 47.2 Å². The molecule has 1 aromatic carbocycles. The van der Waals surface area contributed by atoms with Gasteiger partial charge in [0.2, 0.25) is 5.89 Å². The monoisotopic (exact) mass is 386 g/mol. The molecule has 1 aliphatic rings. The smallest absolute Gasteiger partial charge is 0.231 e. The van der Waals surface area contributed by atoms with Crippen molar-refractivity contribution < 1.29 is 8.91 Å². The maximum atomic E-state index is 13.1. The highest BCUT2D eigenvalue weighted by molar-refractivity contribution is 7.14. The first-order valence-electron chi connectivity index (χ1n) is 9.37. The van der Waals surface area contributed by atoms with E-state index in [4.69, 9.17) is 9.51 Å². The van der Waals surface area contributed by atoms with Crippen LogP contribution < -0.4 is 4.90 Å². The molecular weight excluding hydrogens is 363 g/mol. The fourth-order valence-corrected chi connectivity index (χ4v) is 4.27. The summed E-state index contributed by atoms with van der Waals surface area (Å²) in [7, 11) is 0. The predicted octanol–water partition coefficient (Wildman–Crippen LogP) is 4.91. The molecule has 0 bridgehead atoms. The third kappa shape index (κ3) is 4.18. The Labute approximate surface area is 162 Å². The van der Waals surface area contributed by atoms with Crippen LogP contribution in [0.25, 0.3) is 11.3 Å². The van der Waals surface area contributed by atoms with Crippen LogP contribution >= 0.6 is 11.3 Å². The van der Waals surface area contributed by atoms with Gasteiger partial charge in [0.15, 0.2) is 11.0 Å². The number of halogens is 1. The van der Waals surface area contributed by atoms with Crippen LogP contribution in [0, 0.1) is 11.7 Å². The zero-order valence-electron chi connectivity index (χ0n) is 15.6. The van der Waals surface area contributed by atoms with Crippen molar-refractivity contribution in [2.45, 2.75) is 39.0 Å². The molecular formula is C20H23FN4OS. The maximum Gasteiger partial charge on any atom is 0.231 e. The molecule has 0 amide bonds. The molecule has 1 atom stereocenters. The molecule has 1 unspecified atom stereocenters. The molecule has 1 fully saturated rings. The third-order valence-electron chi connectivity index (χ3n) is 4.75. The zero-order valence-corrected chi connectivity index (χ0v) is 16.4. The second-order valence-electron chi connectivity index (χ2n) is 7.45. The minimum Gasteiger partial charge on any atom is -0.347 e. The molecule has 0 N–H and O–H groups in total. The van der Waals surface area contributed by atoms with Gasteiger partial charge in [-0.15, -0.1) is 11.3 Å². The summed E-state index contributed by atoms with van der Waals surface area (Å²) >= 11 is 1.62. The Morgan fingerprint density at radius 1 is 1.26 bits per heavy atom. The van der Waals surface area contributed by atoms with E-state index < -0.39 is 0 Å². The number of nitrogens with zero attached hydrogens (tertiary/aromatic N) is 4. The molecule has 0 radical (unpaired) electrons. The van der Waals surface area contributed by atoms with Crippen molar-refractivity contribution in [2.24, 2.45) is 5.92 Å². The summed E-state index contributed by atoms with van der Waals surface area (Å²) < 4.78 is 18.7. The largest absolute Gasteiger partial charge is 0.347 e. The van der Waals surface area contributed by atoms with E-state index in [0.717, 1.165) is 60.5 Å². The standard InChI is InChI=1S/C20H23FN4OS/c1-13(2)10-18-23-19(26-24-18)15-4-3-9-25(11-15)20-22-17(12-27-20)14-5-7-16(21)8-6-14/h5-8,12-13,15H,3-4,9-11H2,1-2H3. The molecule has 1 saturated heterocycles. The summed E-state index contributed by atoms with van der Waals surface area (Å²) in [5, 5.41) is 7.15. The van der Waals surface area contributed by atoms with E-state index in [9.17, 15) is 4.39 Å². The Balaban J connectivity index is 1.47. The van der Waals surface area contributed by atoms with Gasteiger partial charge in [-0.25, -0.2) is 9.37 Å². The molecule has 7 heteroatoms. The van der Waals surface area contributed by atoms with E-state index in [1.807, 2.05) is 5.38 Å². The van der Waals surface area contributed by atoms with E-state index in [1.54, 1.807) is 23.5 Å². The Morgan fingerprint density at radius 2 is 2.07 bits per heavy atom. The Bertz CT molecular complexity index is 890. The Morgan fingerprint density at radius 3 is 2.85 bits per heavy atom. The van der Waals surface area contributed by atoms with Gasteiger partial charge < -0.3 is 9.42 Å². The molecule has 3 heterocycles. The van der Waals surface area contributed by atoms with Crippen molar-refractivity contribution in [2.75, 3.05) is 18.0 Å². The second kappa shape index (κ2) is 7.76. The number of rotatable bonds is 5. The van der Waals surface area contributed by atoms with E-state index in [2.05, 4.69) is 28.9 Å². The minimum atomic E-state index is -0.232. The molecule has 27 heavy (non-hydrogen) atoms. The van der Waals surface area contributed by atoms with Gasteiger partial charge in [-0.05, 0) is 43.0 Å². The third-order valence-corrected chi connectivity index (χ3v) is 5.65. The van der Waals surface area contributed by atoms with E-state index in [0.29, 0.717) is 5.92 Å². The summed E-state index contributed by atoms with van der Waals surface area (Å²) in [6.45, 7) is 6.11. The van der Waals surface area contributed by atoms with Crippen molar-refractivity contribution in [1.29, 1.82) is 0 Å². The van der Waals surface area contributed by atoms with Gasteiger partial charge in [0, 0.05) is 30.5 Å². The molecule has 0 aliphatic carbocycles. The highest BCUT2D eigenvalue weighted by Crippen LogP contribution is 2.33.